The highest BCUT2D eigenvalue weighted by atomic mass is 16.2. The molecule has 2 N–H and O–H groups in total. The normalized spacial score (nSPS) is 19.7. The lowest BCUT2D eigenvalue weighted by molar-refractivity contribution is -0.444. The summed E-state index contributed by atoms with van der Waals surface area (Å²) in [7, 11) is 1.54. The van der Waals surface area contributed by atoms with Gasteiger partial charge in [-0.15, -0.1) is 0 Å². The van der Waals surface area contributed by atoms with Gasteiger partial charge in [-0.3, -0.25) is 4.79 Å². The van der Waals surface area contributed by atoms with E-state index in [2.05, 4.69) is 6.92 Å². The highest BCUT2D eigenvalue weighted by Crippen LogP contribution is 2.32. The minimum atomic E-state index is -0.712. The summed E-state index contributed by atoms with van der Waals surface area (Å²) in [6.07, 6.45) is 3.11. The number of nitrogens with zero attached hydrogens (tertiary/aromatic N) is 2. The summed E-state index contributed by atoms with van der Waals surface area (Å²) >= 11 is 0. The Labute approximate surface area is 109 Å². The van der Waals surface area contributed by atoms with E-state index in [1.165, 1.54) is 11.9 Å². The van der Waals surface area contributed by atoms with E-state index in [0.717, 1.165) is 12.8 Å². The van der Waals surface area contributed by atoms with Crippen molar-refractivity contribution in [2.45, 2.75) is 46.5 Å². The summed E-state index contributed by atoms with van der Waals surface area (Å²) < 4.78 is 1.57. The molecule has 18 heavy (non-hydrogen) atoms. The van der Waals surface area contributed by atoms with Crippen LogP contribution in [0.25, 0.3) is 0 Å². The van der Waals surface area contributed by atoms with Crippen LogP contribution in [0.1, 0.15) is 46.5 Å². The number of hydrogen-bond donors (Lipinski definition) is 1. The third kappa shape index (κ3) is 2.02. The molecule has 0 aromatic heterocycles. The fraction of sp³-hybridized carbons (Fsp3) is 0.769. The quantitative estimate of drug-likeness (QED) is 0.757. The van der Waals surface area contributed by atoms with Crippen LogP contribution in [0.4, 0.5) is 4.79 Å². The van der Waals surface area contributed by atoms with Crippen LogP contribution in [-0.4, -0.2) is 40.8 Å². The molecule has 0 fully saturated rings. The van der Waals surface area contributed by atoms with Crippen molar-refractivity contribution in [1.29, 1.82) is 0 Å². The number of hydrogen-bond acceptors (Lipinski definition) is 3. The molecule has 0 spiro atoms. The van der Waals surface area contributed by atoms with Crippen molar-refractivity contribution in [2.24, 2.45) is 11.1 Å². The first kappa shape index (κ1) is 14.7. The molecule has 0 radical (unpaired) electrons. The van der Waals surface area contributed by atoms with Gasteiger partial charge < -0.3 is 5.73 Å². The van der Waals surface area contributed by atoms with Gasteiger partial charge >= 0.3 is 11.9 Å². The van der Waals surface area contributed by atoms with E-state index in [-0.39, 0.29) is 11.9 Å². The van der Waals surface area contributed by atoms with Gasteiger partial charge in [0, 0.05) is 0 Å². The molecule has 0 saturated carbocycles. The van der Waals surface area contributed by atoms with Gasteiger partial charge in [-0.2, -0.15) is 9.48 Å². The molecule has 0 aromatic carbocycles. The number of nitrogens with two attached hydrogens (primary N) is 1. The van der Waals surface area contributed by atoms with Gasteiger partial charge in [0.05, 0.1) is 13.6 Å². The number of rotatable bonds is 5. The average molecular weight is 254 g/mol. The van der Waals surface area contributed by atoms with Crippen molar-refractivity contribution in [3.05, 3.63) is 0 Å². The van der Waals surface area contributed by atoms with Gasteiger partial charge in [0.15, 0.2) is 0 Å². The molecule has 0 unspecified atom stereocenters. The van der Waals surface area contributed by atoms with E-state index in [1.54, 1.807) is 4.58 Å². The molecule has 0 aliphatic carbocycles. The molecule has 1 aliphatic heterocycles. The lowest BCUT2D eigenvalue weighted by Gasteiger charge is -2.34. The molecular weight excluding hydrogens is 230 g/mol. The van der Waals surface area contributed by atoms with Gasteiger partial charge in [-0.1, -0.05) is 27.2 Å². The molecule has 5 nitrogen and oxygen atoms in total. The number of carbonyl (C=O) groups excluding carboxylic acids is 2. The fourth-order valence-electron chi connectivity index (χ4n) is 2.51. The molecule has 1 rings (SSSR count). The smallest absolute Gasteiger partial charge is 0.321 e. The Kier molecular flexibility index (Phi) is 4.48. The number of amides is 3. The van der Waals surface area contributed by atoms with Gasteiger partial charge in [0.1, 0.15) is 5.41 Å². The molecule has 0 aromatic rings. The van der Waals surface area contributed by atoms with E-state index in [0.29, 0.717) is 25.2 Å². The van der Waals surface area contributed by atoms with Crippen molar-refractivity contribution < 1.29 is 14.2 Å². The Morgan fingerprint density at radius 3 is 2.22 bits per heavy atom. The number of urea groups is 1. The fourth-order valence-corrected chi connectivity index (χ4v) is 2.51. The molecular formula is C13H24N3O2+. The first-order valence-corrected chi connectivity index (χ1v) is 6.68. The van der Waals surface area contributed by atoms with Gasteiger partial charge in [-0.25, -0.2) is 4.79 Å². The second-order valence-corrected chi connectivity index (χ2v) is 4.83. The zero-order valence-corrected chi connectivity index (χ0v) is 11.8. The number of unbranched alkanes of at least 4 members (excludes halogenated alkanes) is 1. The first-order chi connectivity index (χ1) is 8.46. The van der Waals surface area contributed by atoms with E-state index in [9.17, 15) is 9.59 Å². The average Bonchev–Trinajstić information content (AvgIpc) is 2.38. The highest BCUT2D eigenvalue weighted by Gasteiger charge is 2.53. The van der Waals surface area contributed by atoms with Crippen LogP contribution in [-0.2, 0) is 4.79 Å². The van der Waals surface area contributed by atoms with Crippen LogP contribution in [0.3, 0.4) is 0 Å². The first-order valence-electron chi connectivity index (χ1n) is 6.68. The van der Waals surface area contributed by atoms with Gasteiger partial charge in [-0.05, 0) is 19.3 Å². The van der Waals surface area contributed by atoms with Crippen molar-refractivity contribution in [1.82, 2.24) is 4.90 Å². The Morgan fingerprint density at radius 2 is 1.78 bits per heavy atom. The van der Waals surface area contributed by atoms with Crippen LogP contribution >= 0.6 is 0 Å². The Morgan fingerprint density at radius 1 is 1.22 bits per heavy atom. The summed E-state index contributed by atoms with van der Waals surface area (Å²) in [5.41, 5.74) is 5.43. The minimum Gasteiger partial charge on any atom is -0.321 e. The molecule has 3 amide bonds. The van der Waals surface area contributed by atoms with E-state index < -0.39 is 5.41 Å². The summed E-state index contributed by atoms with van der Waals surface area (Å²) in [6.45, 7) is 6.53. The van der Waals surface area contributed by atoms with Crippen LogP contribution in [0.15, 0.2) is 0 Å². The summed E-state index contributed by atoms with van der Waals surface area (Å²) in [6, 6.07) is -0.302. The second-order valence-electron chi connectivity index (χ2n) is 4.83. The monoisotopic (exact) mass is 254 g/mol. The molecule has 5 heteroatoms. The zero-order valence-electron chi connectivity index (χ0n) is 11.8. The lowest BCUT2D eigenvalue weighted by atomic mass is 9.78. The summed E-state index contributed by atoms with van der Waals surface area (Å²) in [5.74, 6) is 0.247. The lowest BCUT2D eigenvalue weighted by Crippen LogP contribution is -2.62. The zero-order chi connectivity index (χ0) is 13.9. The molecule has 102 valence electrons. The van der Waals surface area contributed by atoms with E-state index in [1.807, 2.05) is 13.8 Å². The molecule has 1 heterocycles. The molecule has 0 bridgehead atoms. The maximum absolute atomic E-state index is 12.3. The largest absolute Gasteiger partial charge is 0.445 e. The molecule has 0 atom stereocenters. The summed E-state index contributed by atoms with van der Waals surface area (Å²) in [4.78, 5) is 25.6. The van der Waals surface area contributed by atoms with Crippen molar-refractivity contribution in [3.63, 3.8) is 0 Å². The minimum absolute atomic E-state index is 0.178. The number of carbonyl (C=O) groups is 2. The summed E-state index contributed by atoms with van der Waals surface area (Å²) in [5, 5.41) is 0. The van der Waals surface area contributed by atoms with Crippen LogP contribution in [0.5, 0.6) is 0 Å². The third-order valence-corrected chi connectivity index (χ3v) is 3.96. The second kappa shape index (κ2) is 5.50. The number of imide groups is 1. The Hall–Kier alpha value is -1.39. The van der Waals surface area contributed by atoms with Gasteiger partial charge in [0.2, 0.25) is 5.84 Å². The molecule has 1 aliphatic rings. The number of amidine groups is 1. The highest BCUT2D eigenvalue weighted by molar-refractivity contribution is 6.12. The SMILES string of the molecule is CCCC[N+]1=C(N)C(CC)(CC)C(=O)N(C)C1=O. The van der Waals surface area contributed by atoms with Crippen molar-refractivity contribution >= 4 is 17.8 Å². The van der Waals surface area contributed by atoms with E-state index in [4.69, 9.17) is 5.73 Å². The maximum Gasteiger partial charge on any atom is 0.445 e. The Balaban J connectivity index is 3.30. The Bertz CT molecular complexity index is 384. The maximum atomic E-state index is 12.3. The van der Waals surface area contributed by atoms with E-state index >= 15 is 0 Å². The van der Waals surface area contributed by atoms with Crippen molar-refractivity contribution in [3.8, 4) is 0 Å². The predicted octanol–water partition coefficient (Wildman–Crippen LogP) is 1.55. The van der Waals surface area contributed by atoms with Crippen LogP contribution in [0, 0.1) is 5.41 Å². The van der Waals surface area contributed by atoms with Crippen LogP contribution in [0.2, 0.25) is 0 Å². The van der Waals surface area contributed by atoms with Crippen LogP contribution < -0.4 is 5.73 Å². The topological polar surface area (TPSA) is 66.4 Å². The standard InChI is InChI=1S/C13H23N3O2/c1-5-8-9-16-10(14)13(6-2,7-3)11(17)15(4)12(16)18/h14H,5-9H2,1-4H3/p+1. The third-order valence-electron chi connectivity index (χ3n) is 3.96. The van der Waals surface area contributed by atoms with Crippen molar-refractivity contribution in [2.75, 3.05) is 13.6 Å². The van der Waals surface area contributed by atoms with Gasteiger partial charge in [0.25, 0.3) is 0 Å². The predicted molar refractivity (Wildman–Crippen MR) is 70.4 cm³/mol. The molecule has 0 saturated heterocycles.